The fourth-order valence-corrected chi connectivity index (χ4v) is 4.36. The predicted octanol–water partition coefficient (Wildman–Crippen LogP) is 5.75. The number of hydrogen-bond donors (Lipinski definition) is 0. The summed E-state index contributed by atoms with van der Waals surface area (Å²) >= 11 is 0. The molecule has 3 rings (SSSR count). The third-order valence-corrected chi connectivity index (χ3v) is 7.09. The van der Waals surface area contributed by atoms with Gasteiger partial charge in [0.2, 0.25) is 0 Å². The van der Waals surface area contributed by atoms with Crippen molar-refractivity contribution in [2.75, 3.05) is 5.75 Å². The minimum absolute atomic E-state index is 0.0122. The second kappa shape index (κ2) is 10.00. The minimum Gasteiger partial charge on any atom is -0.406 e. The van der Waals surface area contributed by atoms with Gasteiger partial charge >= 0.3 is 12.5 Å². The number of alkyl halides is 6. The number of allylic oxidation sites excluding steroid dienone is 1. The largest absolute Gasteiger partial charge is 0.573 e. The first-order valence-electron chi connectivity index (χ1n) is 10.5. The van der Waals surface area contributed by atoms with Gasteiger partial charge in [0, 0.05) is 24.5 Å². The maximum atomic E-state index is 13.2. The third kappa shape index (κ3) is 6.18. The average molecular weight is 546 g/mol. The molecule has 14 heteroatoms. The van der Waals surface area contributed by atoms with Crippen LogP contribution in [0, 0.1) is 6.92 Å². The maximum absolute atomic E-state index is 13.2. The molecule has 2 aromatic heterocycles. The number of aliphatic imine (C=N–C) groups is 1. The lowest BCUT2D eigenvalue weighted by molar-refractivity contribution is -0.274. The molecule has 0 bridgehead atoms. The highest BCUT2D eigenvalue weighted by Gasteiger charge is 2.34. The van der Waals surface area contributed by atoms with E-state index in [1.165, 1.54) is 49.9 Å². The van der Waals surface area contributed by atoms with Crippen LogP contribution in [-0.4, -0.2) is 48.0 Å². The van der Waals surface area contributed by atoms with E-state index in [-0.39, 0.29) is 39.1 Å². The standard InChI is InChI=1S/C23H20F6N4O3S/c1-5-37(34,35)18-10-15(14-6-8-16(9-7-14)36-23(27,28)29)12-31-20(18)21-32-17(13(2)33(21)4)11-19(30-3)22(24,25)26/h6-12H,3,5H2,1-2,4H3/b19-11-. The maximum Gasteiger partial charge on any atom is 0.573 e. The number of nitrogens with zero attached hydrogens (tertiary/aromatic N) is 4. The number of pyridine rings is 1. The summed E-state index contributed by atoms with van der Waals surface area (Å²) < 4.78 is 108. The molecule has 37 heavy (non-hydrogen) atoms. The Morgan fingerprint density at radius 3 is 2.27 bits per heavy atom. The van der Waals surface area contributed by atoms with Crippen molar-refractivity contribution in [3.63, 3.8) is 0 Å². The SMILES string of the molecule is C=N/C(=C\c1nc(-c2ncc(-c3ccc(OC(F)(F)F)cc3)cc2S(=O)(=O)CC)n(C)c1C)C(F)(F)F. The van der Waals surface area contributed by atoms with E-state index in [0.717, 1.165) is 12.1 Å². The molecule has 0 amide bonds. The molecule has 0 saturated carbocycles. The Labute approximate surface area is 208 Å². The molecule has 0 unspecified atom stereocenters. The number of benzene rings is 1. The number of hydrogen-bond acceptors (Lipinski definition) is 6. The summed E-state index contributed by atoms with van der Waals surface area (Å²) in [6.07, 6.45) is -7.67. The number of sulfone groups is 1. The van der Waals surface area contributed by atoms with E-state index in [9.17, 15) is 34.8 Å². The fraction of sp³-hybridized carbons (Fsp3) is 0.261. The van der Waals surface area contributed by atoms with E-state index in [1.807, 2.05) is 0 Å². The zero-order chi connectivity index (χ0) is 27.8. The molecule has 0 fully saturated rings. The number of ether oxygens (including phenoxy) is 1. The molecule has 0 atom stereocenters. The van der Waals surface area contributed by atoms with Gasteiger partial charge in [-0.25, -0.2) is 13.4 Å². The first-order chi connectivity index (χ1) is 17.1. The van der Waals surface area contributed by atoms with Crippen LogP contribution in [0.25, 0.3) is 28.7 Å². The lowest BCUT2D eigenvalue weighted by Crippen LogP contribution is -2.16. The van der Waals surface area contributed by atoms with Crippen LogP contribution in [0.5, 0.6) is 5.75 Å². The highest BCUT2D eigenvalue weighted by molar-refractivity contribution is 7.91. The smallest absolute Gasteiger partial charge is 0.406 e. The second-order valence-electron chi connectivity index (χ2n) is 7.70. The van der Waals surface area contributed by atoms with Gasteiger partial charge in [0.1, 0.15) is 17.1 Å². The Morgan fingerprint density at radius 1 is 1.14 bits per heavy atom. The predicted molar refractivity (Wildman–Crippen MR) is 125 cm³/mol. The van der Waals surface area contributed by atoms with Crippen molar-refractivity contribution < 1.29 is 39.5 Å². The van der Waals surface area contributed by atoms with Crippen molar-refractivity contribution in [1.82, 2.24) is 14.5 Å². The zero-order valence-corrected chi connectivity index (χ0v) is 20.5. The van der Waals surface area contributed by atoms with E-state index in [4.69, 9.17) is 0 Å². The number of rotatable bonds is 7. The summed E-state index contributed by atoms with van der Waals surface area (Å²) in [5.41, 5.74) is -0.575. The molecular weight excluding hydrogens is 526 g/mol. The van der Waals surface area contributed by atoms with Crippen molar-refractivity contribution in [2.24, 2.45) is 12.0 Å². The number of halogens is 6. The van der Waals surface area contributed by atoms with Gasteiger partial charge in [-0.15, -0.1) is 13.2 Å². The van der Waals surface area contributed by atoms with Crippen LogP contribution in [0.4, 0.5) is 26.3 Å². The first-order valence-corrected chi connectivity index (χ1v) is 12.1. The van der Waals surface area contributed by atoms with E-state index in [2.05, 4.69) is 26.4 Å². The van der Waals surface area contributed by atoms with Crippen LogP contribution in [0.1, 0.15) is 18.3 Å². The molecule has 2 heterocycles. The third-order valence-electron chi connectivity index (χ3n) is 5.35. The van der Waals surface area contributed by atoms with E-state index in [0.29, 0.717) is 11.6 Å². The minimum atomic E-state index is -4.87. The summed E-state index contributed by atoms with van der Waals surface area (Å²) in [6.45, 7) is 5.82. The van der Waals surface area contributed by atoms with Crippen molar-refractivity contribution in [1.29, 1.82) is 0 Å². The molecule has 0 aliphatic heterocycles. The monoisotopic (exact) mass is 546 g/mol. The molecule has 198 valence electrons. The fourth-order valence-electron chi connectivity index (χ4n) is 3.31. The topological polar surface area (TPSA) is 86.4 Å². The van der Waals surface area contributed by atoms with Gasteiger partial charge in [-0.05, 0) is 43.5 Å². The summed E-state index contributed by atoms with van der Waals surface area (Å²) in [4.78, 5) is 11.2. The van der Waals surface area contributed by atoms with Crippen LogP contribution in [0.3, 0.4) is 0 Å². The van der Waals surface area contributed by atoms with Crippen LogP contribution in [-0.2, 0) is 16.9 Å². The van der Waals surface area contributed by atoms with E-state index < -0.39 is 33.8 Å². The Bertz CT molecular complexity index is 1460. The summed E-state index contributed by atoms with van der Waals surface area (Å²) in [7, 11) is -2.44. The summed E-state index contributed by atoms with van der Waals surface area (Å²) in [5.74, 6) is -0.793. The molecule has 0 N–H and O–H groups in total. The quantitative estimate of drug-likeness (QED) is 0.278. The number of aromatic nitrogens is 3. The Balaban J connectivity index is 2.15. The Morgan fingerprint density at radius 2 is 1.76 bits per heavy atom. The van der Waals surface area contributed by atoms with Gasteiger partial charge in [-0.1, -0.05) is 19.1 Å². The van der Waals surface area contributed by atoms with Crippen molar-refractivity contribution in [3.05, 3.63) is 53.6 Å². The van der Waals surface area contributed by atoms with Crippen LogP contribution < -0.4 is 4.74 Å². The number of imidazole rings is 1. The molecule has 1 aromatic carbocycles. The average Bonchev–Trinajstić information content (AvgIpc) is 3.09. The zero-order valence-electron chi connectivity index (χ0n) is 19.6. The first kappa shape index (κ1) is 27.9. The molecular formula is C23H20F6N4O3S. The molecule has 0 spiro atoms. The molecule has 0 saturated heterocycles. The van der Waals surface area contributed by atoms with Crippen LogP contribution in [0.2, 0.25) is 0 Å². The van der Waals surface area contributed by atoms with Crippen LogP contribution >= 0.6 is 0 Å². The summed E-state index contributed by atoms with van der Waals surface area (Å²) in [6, 6.07) is 6.02. The van der Waals surface area contributed by atoms with Gasteiger partial charge in [0.15, 0.2) is 15.7 Å². The Hall–Kier alpha value is -3.68. The lowest BCUT2D eigenvalue weighted by atomic mass is 10.1. The van der Waals surface area contributed by atoms with E-state index >= 15 is 0 Å². The van der Waals surface area contributed by atoms with Gasteiger partial charge in [-0.3, -0.25) is 9.98 Å². The van der Waals surface area contributed by atoms with Crippen molar-refractivity contribution in [3.8, 4) is 28.4 Å². The van der Waals surface area contributed by atoms with E-state index in [1.54, 1.807) is 0 Å². The summed E-state index contributed by atoms with van der Waals surface area (Å²) in [5, 5.41) is 0. The Kier molecular flexibility index (Phi) is 7.54. The van der Waals surface area contributed by atoms with Gasteiger partial charge < -0.3 is 9.30 Å². The van der Waals surface area contributed by atoms with Crippen molar-refractivity contribution in [2.45, 2.75) is 31.3 Å². The normalized spacial score (nSPS) is 13.1. The van der Waals surface area contributed by atoms with Gasteiger partial charge in [0.25, 0.3) is 0 Å². The molecule has 3 aromatic rings. The van der Waals surface area contributed by atoms with Crippen LogP contribution in [0.15, 0.2) is 52.1 Å². The van der Waals surface area contributed by atoms with Gasteiger partial charge in [-0.2, -0.15) is 13.2 Å². The lowest BCUT2D eigenvalue weighted by Gasteiger charge is -2.12. The molecule has 0 radical (unpaired) electrons. The molecule has 0 aliphatic rings. The highest BCUT2D eigenvalue weighted by atomic mass is 32.2. The highest BCUT2D eigenvalue weighted by Crippen LogP contribution is 2.34. The van der Waals surface area contributed by atoms with Crippen molar-refractivity contribution >= 4 is 22.6 Å². The molecule has 0 aliphatic carbocycles. The molecule has 7 nitrogen and oxygen atoms in total. The second-order valence-corrected chi connectivity index (χ2v) is 9.94. The van der Waals surface area contributed by atoms with Gasteiger partial charge in [0.05, 0.1) is 16.3 Å².